The van der Waals surface area contributed by atoms with Gasteiger partial charge >= 0.3 is 0 Å². The van der Waals surface area contributed by atoms with E-state index in [4.69, 9.17) is 0 Å². The fraction of sp³-hybridized carbons (Fsp3) is 0.409. The number of carbonyl (C=O) groups excluding carboxylic acids is 1. The first-order valence-electron chi connectivity index (χ1n) is 18.6. The third kappa shape index (κ3) is 6.46. The molecule has 0 radical (unpaired) electrons. The van der Waals surface area contributed by atoms with Gasteiger partial charge in [0, 0.05) is 59.6 Å². The summed E-state index contributed by atoms with van der Waals surface area (Å²) in [6, 6.07) is 26.1. The summed E-state index contributed by atoms with van der Waals surface area (Å²) in [5, 5.41) is 13.4. The van der Waals surface area contributed by atoms with E-state index < -0.39 is 5.92 Å². The minimum absolute atomic E-state index is 0.0493. The summed E-state index contributed by atoms with van der Waals surface area (Å²) >= 11 is 0. The number of hydrogen-bond acceptors (Lipinski definition) is 3. The number of carbonyl (C=O) groups is 1. The molecule has 3 aromatic carbocycles. The molecule has 0 saturated heterocycles. The van der Waals surface area contributed by atoms with E-state index in [-0.39, 0.29) is 17.5 Å². The van der Waals surface area contributed by atoms with Crippen LogP contribution in [0, 0.1) is 11.8 Å². The van der Waals surface area contributed by atoms with Crippen LogP contribution < -0.4 is 10.0 Å². The van der Waals surface area contributed by atoms with E-state index in [1.807, 2.05) is 36.4 Å². The SMILES string of the molecule is CCN(c1ccc(C2=C([O-])C(C3C=CC(=[N+](CC)c4ccc(C5CCCCC5)cc4)C=C3)C2=O)cc1)c1ccc(C2CCCCC2)cc1. The maximum atomic E-state index is 13.4. The zero-order chi connectivity index (χ0) is 33.0. The highest BCUT2D eigenvalue weighted by Gasteiger charge is 2.38. The van der Waals surface area contributed by atoms with Gasteiger partial charge in [0.2, 0.25) is 11.4 Å². The van der Waals surface area contributed by atoms with Crippen molar-refractivity contribution in [3.63, 3.8) is 0 Å². The molecule has 0 amide bonds. The van der Waals surface area contributed by atoms with Crippen LogP contribution in [0.2, 0.25) is 0 Å². The standard InChI is InChI=1S/C44H50N2O2/c1-3-45(37-23-15-33(16-24-37)31-11-7-5-8-12-31)39-27-19-35(20-28-39)41-43(47)42(44(41)48)36-21-29-40(30-22-36)46(4-2)38-25-17-34(18-26-38)32-13-9-6-10-14-32/h15-32,35,41H,3-14H2,1-2H3. The first kappa shape index (κ1) is 32.4. The lowest BCUT2D eigenvalue weighted by Crippen LogP contribution is -2.41. The molecule has 2 saturated carbocycles. The molecule has 0 spiro atoms. The molecule has 2 fully saturated rings. The van der Waals surface area contributed by atoms with Gasteiger partial charge in [0.1, 0.15) is 6.54 Å². The number of nitrogens with zero attached hydrogens (tertiary/aromatic N) is 2. The van der Waals surface area contributed by atoms with Crippen LogP contribution in [0.25, 0.3) is 5.57 Å². The first-order chi connectivity index (χ1) is 23.6. The second-order valence-electron chi connectivity index (χ2n) is 14.2. The molecule has 0 heterocycles. The largest absolute Gasteiger partial charge is 0.874 e. The summed E-state index contributed by atoms with van der Waals surface area (Å²) in [6.07, 6.45) is 21.5. The second kappa shape index (κ2) is 14.5. The Hall–Kier alpha value is -4.18. The van der Waals surface area contributed by atoms with Crippen molar-refractivity contribution in [3.05, 3.63) is 120 Å². The molecule has 0 aliphatic heterocycles. The quantitative estimate of drug-likeness (QED) is 0.219. The molecule has 248 valence electrons. The van der Waals surface area contributed by atoms with Crippen molar-refractivity contribution in [2.75, 3.05) is 18.0 Å². The van der Waals surface area contributed by atoms with Gasteiger partial charge in [-0.2, -0.15) is 4.58 Å². The van der Waals surface area contributed by atoms with Crippen LogP contribution in [0.1, 0.15) is 107 Å². The topological polar surface area (TPSA) is 46.4 Å². The van der Waals surface area contributed by atoms with Crippen molar-refractivity contribution in [2.24, 2.45) is 11.8 Å². The number of rotatable bonds is 9. The molecular formula is C44H50N2O2. The molecule has 0 bridgehead atoms. The summed E-state index contributed by atoms with van der Waals surface area (Å²) < 4.78 is 2.29. The van der Waals surface area contributed by atoms with Crippen molar-refractivity contribution in [1.82, 2.24) is 0 Å². The zero-order valence-corrected chi connectivity index (χ0v) is 28.7. The van der Waals surface area contributed by atoms with Crippen molar-refractivity contribution in [2.45, 2.75) is 89.9 Å². The van der Waals surface area contributed by atoms with E-state index in [1.54, 1.807) is 0 Å². The van der Waals surface area contributed by atoms with Crippen LogP contribution in [0.4, 0.5) is 17.1 Å². The monoisotopic (exact) mass is 638 g/mol. The molecule has 7 rings (SSSR count). The number of benzene rings is 3. The van der Waals surface area contributed by atoms with E-state index in [0.717, 1.165) is 30.1 Å². The molecule has 48 heavy (non-hydrogen) atoms. The average Bonchev–Trinajstić information content (AvgIpc) is 3.15. The minimum atomic E-state index is -0.631. The summed E-state index contributed by atoms with van der Waals surface area (Å²) in [6.45, 7) is 5.99. The van der Waals surface area contributed by atoms with E-state index >= 15 is 0 Å². The van der Waals surface area contributed by atoms with Crippen molar-refractivity contribution in [1.29, 1.82) is 0 Å². The van der Waals surface area contributed by atoms with Gasteiger partial charge in [0.25, 0.3) is 0 Å². The third-order valence-corrected chi connectivity index (χ3v) is 11.4. The van der Waals surface area contributed by atoms with Gasteiger partial charge in [-0.05, 0) is 92.3 Å². The van der Waals surface area contributed by atoms with Crippen molar-refractivity contribution < 1.29 is 14.5 Å². The van der Waals surface area contributed by atoms with Gasteiger partial charge < -0.3 is 10.0 Å². The fourth-order valence-corrected chi connectivity index (χ4v) is 8.61. The minimum Gasteiger partial charge on any atom is -0.874 e. The highest BCUT2D eigenvalue weighted by atomic mass is 16.3. The van der Waals surface area contributed by atoms with Crippen LogP contribution in [-0.2, 0) is 4.79 Å². The molecule has 4 aliphatic carbocycles. The third-order valence-electron chi connectivity index (χ3n) is 11.4. The number of ketones is 1. The Morgan fingerprint density at radius 2 is 1.19 bits per heavy atom. The predicted octanol–water partition coefficient (Wildman–Crippen LogP) is 9.76. The highest BCUT2D eigenvalue weighted by Crippen LogP contribution is 2.42. The van der Waals surface area contributed by atoms with Crippen molar-refractivity contribution >= 4 is 34.1 Å². The molecule has 0 aromatic heterocycles. The Morgan fingerprint density at radius 1 is 0.688 bits per heavy atom. The molecule has 3 aromatic rings. The van der Waals surface area contributed by atoms with E-state index in [9.17, 15) is 9.90 Å². The Labute approximate surface area is 287 Å². The molecule has 4 nitrogen and oxygen atoms in total. The summed E-state index contributed by atoms with van der Waals surface area (Å²) in [5.41, 5.74) is 8.47. The Kier molecular flexibility index (Phi) is 9.79. The summed E-state index contributed by atoms with van der Waals surface area (Å²) in [7, 11) is 0. The van der Waals surface area contributed by atoms with Crippen LogP contribution in [0.3, 0.4) is 0 Å². The van der Waals surface area contributed by atoms with Gasteiger partial charge in [0.15, 0.2) is 5.78 Å². The Balaban J connectivity index is 1.02. The lowest BCUT2D eigenvalue weighted by Gasteiger charge is -2.40. The number of anilines is 2. The molecule has 0 N–H and O–H groups in total. The second-order valence-corrected chi connectivity index (χ2v) is 14.2. The lowest BCUT2D eigenvalue weighted by molar-refractivity contribution is -0.434. The van der Waals surface area contributed by atoms with E-state index in [1.165, 1.54) is 86.7 Å². The normalized spacial score (nSPS) is 21.8. The van der Waals surface area contributed by atoms with Gasteiger partial charge in [-0.25, -0.2) is 0 Å². The van der Waals surface area contributed by atoms with E-state index in [0.29, 0.717) is 17.4 Å². The van der Waals surface area contributed by atoms with Crippen molar-refractivity contribution in [3.8, 4) is 0 Å². The fourth-order valence-electron chi connectivity index (χ4n) is 8.61. The predicted molar refractivity (Wildman–Crippen MR) is 196 cm³/mol. The molecule has 1 unspecified atom stereocenters. The maximum Gasteiger partial charge on any atom is 0.205 e. The van der Waals surface area contributed by atoms with Gasteiger partial charge in [-0.1, -0.05) is 87.1 Å². The first-order valence-corrected chi connectivity index (χ1v) is 18.6. The number of Topliss-reactive ketones (excluding diaryl/α,β-unsaturated/α-hetero) is 1. The van der Waals surface area contributed by atoms with Crippen LogP contribution >= 0.6 is 0 Å². The average molecular weight is 639 g/mol. The maximum absolute atomic E-state index is 13.4. The van der Waals surface area contributed by atoms with E-state index in [2.05, 4.69) is 84.0 Å². The lowest BCUT2D eigenvalue weighted by atomic mass is 9.71. The molecule has 4 heteroatoms. The van der Waals surface area contributed by atoms with Crippen LogP contribution in [-0.4, -0.2) is 29.2 Å². The Morgan fingerprint density at radius 3 is 1.67 bits per heavy atom. The molecule has 4 aliphatic rings. The number of allylic oxidation sites excluding steroid dienone is 6. The van der Waals surface area contributed by atoms with Crippen LogP contribution in [0.5, 0.6) is 0 Å². The summed E-state index contributed by atoms with van der Waals surface area (Å²) in [5.74, 6) is 0.450. The number of hydrogen-bond donors (Lipinski definition) is 0. The van der Waals surface area contributed by atoms with Gasteiger partial charge in [0.05, 0.1) is 0 Å². The Bertz CT molecular complexity index is 1700. The van der Waals surface area contributed by atoms with Crippen LogP contribution in [0.15, 0.2) is 103 Å². The smallest absolute Gasteiger partial charge is 0.205 e. The van der Waals surface area contributed by atoms with Gasteiger partial charge in [-0.3, -0.25) is 4.79 Å². The molecular weight excluding hydrogens is 588 g/mol. The summed E-state index contributed by atoms with van der Waals surface area (Å²) in [4.78, 5) is 15.7. The molecule has 1 atom stereocenters. The highest BCUT2D eigenvalue weighted by molar-refractivity contribution is 6.29. The zero-order valence-electron chi connectivity index (χ0n) is 28.7. The van der Waals surface area contributed by atoms with Gasteiger partial charge in [-0.15, -0.1) is 5.76 Å².